The molecule has 110 valence electrons. The predicted octanol–water partition coefficient (Wildman–Crippen LogP) is 3.48. The van der Waals surface area contributed by atoms with Gasteiger partial charge in [0.25, 0.3) is 5.91 Å². The van der Waals surface area contributed by atoms with Crippen molar-refractivity contribution in [1.29, 1.82) is 0 Å². The fourth-order valence-corrected chi connectivity index (χ4v) is 2.40. The van der Waals surface area contributed by atoms with Crippen molar-refractivity contribution in [3.63, 3.8) is 0 Å². The van der Waals surface area contributed by atoms with Crippen LogP contribution < -0.4 is 10.6 Å². The molecule has 0 aliphatic heterocycles. The highest BCUT2D eigenvalue weighted by atomic mass is 35.5. The summed E-state index contributed by atoms with van der Waals surface area (Å²) in [5, 5.41) is 6.60. The lowest BCUT2D eigenvalue weighted by Gasteiger charge is -2.26. The maximum atomic E-state index is 12.4. The molecule has 1 fully saturated rings. The van der Waals surface area contributed by atoms with Crippen LogP contribution in [0, 0.1) is 5.92 Å². The quantitative estimate of drug-likeness (QED) is 0.845. The Balaban J connectivity index is 2.11. The minimum atomic E-state index is -0.202. The van der Waals surface area contributed by atoms with E-state index in [2.05, 4.69) is 36.4 Å². The summed E-state index contributed by atoms with van der Waals surface area (Å²) in [5.74, 6) is 1.05. The zero-order valence-electron chi connectivity index (χ0n) is 12.3. The lowest BCUT2D eigenvalue weighted by molar-refractivity contribution is 0.0898. The molecule has 0 atom stereocenters. The lowest BCUT2D eigenvalue weighted by atomic mass is 9.98. The van der Waals surface area contributed by atoms with Gasteiger partial charge in [0.15, 0.2) is 0 Å². The van der Waals surface area contributed by atoms with Crippen molar-refractivity contribution in [2.75, 3.05) is 11.9 Å². The third kappa shape index (κ3) is 3.63. The second-order valence-electron chi connectivity index (χ2n) is 5.90. The zero-order valence-corrected chi connectivity index (χ0v) is 13.0. The Kier molecular flexibility index (Phi) is 4.53. The van der Waals surface area contributed by atoms with Crippen LogP contribution >= 0.6 is 11.6 Å². The first kappa shape index (κ1) is 15.1. The maximum absolute atomic E-state index is 12.4. The third-order valence-electron chi connectivity index (χ3n) is 3.65. The van der Waals surface area contributed by atoms with E-state index >= 15 is 0 Å². The minimum absolute atomic E-state index is 0.199. The van der Waals surface area contributed by atoms with Crippen molar-refractivity contribution < 1.29 is 4.79 Å². The highest BCUT2D eigenvalue weighted by Gasteiger charge is 2.39. The number of carbonyl (C=O) groups excluding carboxylic acids is 1. The second kappa shape index (κ2) is 6.00. The average Bonchev–Trinajstić information content (AvgIpc) is 3.21. The molecule has 0 radical (unpaired) electrons. The largest absolute Gasteiger partial charge is 0.370 e. The average molecular weight is 296 g/mol. The molecular formula is C15H22ClN3O. The highest BCUT2D eigenvalue weighted by molar-refractivity contribution is 6.33. The molecule has 20 heavy (non-hydrogen) atoms. The van der Waals surface area contributed by atoms with Crippen molar-refractivity contribution in [3.05, 3.63) is 22.8 Å². The number of rotatable bonds is 6. The Hall–Kier alpha value is -1.29. The molecule has 5 heteroatoms. The van der Waals surface area contributed by atoms with Crippen molar-refractivity contribution in [2.45, 2.75) is 45.6 Å². The van der Waals surface area contributed by atoms with E-state index in [4.69, 9.17) is 11.6 Å². The first-order valence-electron chi connectivity index (χ1n) is 7.17. The number of hydrogen-bond donors (Lipinski definition) is 2. The van der Waals surface area contributed by atoms with Crippen LogP contribution in [-0.4, -0.2) is 23.0 Å². The fraction of sp³-hybridized carbons (Fsp3) is 0.600. The monoisotopic (exact) mass is 295 g/mol. The van der Waals surface area contributed by atoms with Crippen molar-refractivity contribution in [3.8, 4) is 0 Å². The van der Waals surface area contributed by atoms with Crippen LogP contribution in [0.15, 0.2) is 12.1 Å². The SMILES string of the molecule is CCCNc1ccc(Cl)c(C(=O)NC(C)(C)C2CC2)n1. The number of pyridine rings is 1. The van der Waals surface area contributed by atoms with Gasteiger partial charge in [-0.25, -0.2) is 4.98 Å². The molecule has 1 aromatic heterocycles. The normalized spacial score (nSPS) is 15.0. The van der Waals surface area contributed by atoms with Crippen LogP contribution in [0.1, 0.15) is 50.5 Å². The number of hydrogen-bond acceptors (Lipinski definition) is 3. The van der Waals surface area contributed by atoms with Gasteiger partial charge < -0.3 is 10.6 Å². The van der Waals surface area contributed by atoms with Crippen molar-refractivity contribution in [1.82, 2.24) is 10.3 Å². The van der Waals surface area contributed by atoms with Gasteiger partial charge >= 0.3 is 0 Å². The standard InChI is InChI=1S/C15H22ClN3O/c1-4-9-17-12-8-7-11(16)13(18-12)14(20)19-15(2,3)10-5-6-10/h7-8,10H,4-6,9H2,1-3H3,(H,17,18)(H,19,20). The number of amides is 1. The lowest BCUT2D eigenvalue weighted by Crippen LogP contribution is -2.45. The van der Waals surface area contributed by atoms with Gasteiger partial charge in [-0.3, -0.25) is 4.79 Å². The third-order valence-corrected chi connectivity index (χ3v) is 3.96. The van der Waals surface area contributed by atoms with Gasteiger partial charge in [-0.15, -0.1) is 0 Å². The smallest absolute Gasteiger partial charge is 0.271 e. The molecular weight excluding hydrogens is 274 g/mol. The number of aromatic nitrogens is 1. The zero-order chi connectivity index (χ0) is 14.8. The molecule has 0 saturated heterocycles. The summed E-state index contributed by atoms with van der Waals surface area (Å²) < 4.78 is 0. The van der Waals surface area contributed by atoms with E-state index in [0.717, 1.165) is 13.0 Å². The van der Waals surface area contributed by atoms with Crippen LogP contribution in [0.2, 0.25) is 5.02 Å². The van der Waals surface area contributed by atoms with Gasteiger partial charge in [0.1, 0.15) is 11.5 Å². The molecule has 1 aliphatic carbocycles. The van der Waals surface area contributed by atoms with Gasteiger partial charge in [0.05, 0.1) is 5.02 Å². The van der Waals surface area contributed by atoms with Crippen LogP contribution in [0.25, 0.3) is 0 Å². The first-order chi connectivity index (χ1) is 9.44. The number of carbonyl (C=O) groups is 1. The van der Waals surface area contributed by atoms with Gasteiger partial charge in [-0.1, -0.05) is 18.5 Å². The van der Waals surface area contributed by atoms with E-state index in [9.17, 15) is 4.79 Å². The molecule has 1 saturated carbocycles. The van der Waals surface area contributed by atoms with E-state index in [0.29, 0.717) is 22.5 Å². The summed E-state index contributed by atoms with van der Waals surface area (Å²) in [4.78, 5) is 16.7. The van der Waals surface area contributed by atoms with Crippen LogP contribution in [0.4, 0.5) is 5.82 Å². The summed E-state index contributed by atoms with van der Waals surface area (Å²) in [6, 6.07) is 3.51. The molecule has 0 bridgehead atoms. The number of nitrogens with one attached hydrogen (secondary N) is 2. The maximum Gasteiger partial charge on any atom is 0.271 e. The summed E-state index contributed by atoms with van der Waals surface area (Å²) in [7, 11) is 0. The Morgan fingerprint density at radius 1 is 1.45 bits per heavy atom. The van der Waals surface area contributed by atoms with Crippen LogP contribution in [0.3, 0.4) is 0 Å². The topological polar surface area (TPSA) is 54.0 Å². The number of anilines is 1. The molecule has 4 nitrogen and oxygen atoms in total. The van der Waals surface area contributed by atoms with Crippen LogP contribution in [-0.2, 0) is 0 Å². The molecule has 2 rings (SSSR count). The molecule has 2 N–H and O–H groups in total. The van der Waals surface area contributed by atoms with E-state index < -0.39 is 0 Å². The highest BCUT2D eigenvalue weighted by Crippen LogP contribution is 2.39. The molecule has 1 aliphatic rings. The summed E-state index contributed by atoms with van der Waals surface area (Å²) in [6.07, 6.45) is 3.35. The van der Waals surface area contributed by atoms with Crippen molar-refractivity contribution >= 4 is 23.3 Å². The van der Waals surface area contributed by atoms with Gasteiger partial charge in [0, 0.05) is 12.1 Å². The Morgan fingerprint density at radius 2 is 2.15 bits per heavy atom. The molecule has 1 heterocycles. The van der Waals surface area contributed by atoms with E-state index in [1.54, 1.807) is 12.1 Å². The molecule has 1 aromatic rings. The number of nitrogens with zero attached hydrogens (tertiary/aromatic N) is 1. The first-order valence-corrected chi connectivity index (χ1v) is 7.54. The minimum Gasteiger partial charge on any atom is -0.370 e. The van der Waals surface area contributed by atoms with Gasteiger partial charge in [0.2, 0.25) is 0 Å². The summed E-state index contributed by atoms with van der Waals surface area (Å²) in [6.45, 7) is 7.00. The van der Waals surface area contributed by atoms with Crippen molar-refractivity contribution in [2.24, 2.45) is 5.92 Å². The number of halogens is 1. The molecule has 0 spiro atoms. The van der Waals surface area contributed by atoms with E-state index in [-0.39, 0.29) is 11.4 Å². The Bertz CT molecular complexity index is 498. The van der Waals surface area contributed by atoms with Crippen LogP contribution in [0.5, 0.6) is 0 Å². The van der Waals surface area contributed by atoms with E-state index in [1.165, 1.54) is 12.8 Å². The molecule has 0 unspecified atom stereocenters. The predicted molar refractivity (Wildman–Crippen MR) is 82.3 cm³/mol. The summed E-state index contributed by atoms with van der Waals surface area (Å²) in [5.41, 5.74) is 0.0936. The van der Waals surface area contributed by atoms with Gasteiger partial charge in [-0.05, 0) is 51.2 Å². The van der Waals surface area contributed by atoms with E-state index in [1.807, 2.05) is 0 Å². The fourth-order valence-electron chi connectivity index (χ4n) is 2.21. The second-order valence-corrected chi connectivity index (χ2v) is 6.31. The molecule has 0 aromatic carbocycles. The molecule has 1 amide bonds. The summed E-state index contributed by atoms with van der Waals surface area (Å²) >= 11 is 6.10. The Morgan fingerprint density at radius 3 is 2.75 bits per heavy atom. The van der Waals surface area contributed by atoms with Gasteiger partial charge in [-0.2, -0.15) is 0 Å². The Labute approximate surface area is 125 Å².